The Bertz CT molecular complexity index is 974. The normalized spacial score (nSPS) is 41.2. The summed E-state index contributed by atoms with van der Waals surface area (Å²) in [6, 6.07) is -0.480. The van der Waals surface area contributed by atoms with Crippen LogP contribution in [0.3, 0.4) is 0 Å². The largest absolute Gasteiger partial charge is 0.385 e. The van der Waals surface area contributed by atoms with E-state index in [1.807, 2.05) is 0 Å². The molecule has 36 heavy (non-hydrogen) atoms. The molecular weight excluding hydrogens is 454 g/mol. The predicted molar refractivity (Wildman–Crippen MR) is 138 cm³/mol. The smallest absolute Gasteiger partial charge is 0.261 e. The molecule has 198 valence electrons. The molecule has 7 atom stereocenters. The Kier molecular flexibility index (Phi) is 7.03. The van der Waals surface area contributed by atoms with Gasteiger partial charge >= 0.3 is 0 Å². The number of allylic oxidation sites excluding steroid dienone is 2. The fraction of sp³-hybridized carbons (Fsp3) is 0.793. The minimum Gasteiger partial charge on any atom is -0.385 e. The van der Waals surface area contributed by atoms with Crippen LogP contribution in [0.25, 0.3) is 0 Å². The number of carbonyl (C=O) groups is 3. The van der Waals surface area contributed by atoms with Gasteiger partial charge in [-0.1, -0.05) is 24.6 Å². The van der Waals surface area contributed by atoms with Crippen LogP contribution in [0.15, 0.2) is 16.8 Å². The number of hydrogen-bond acceptors (Lipinski definition) is 5. The highest BCUT2D eigenvalue weighted by Crippen LogP contribution is 2.66. The molecule has 2 amide bonds. The third kappa shape index (κ3) is 4.51. The Labute approximate surface area is 215 Å². The van der Waals surface area contributed by atoms with Gasteiger partial charge in [-0.25, -0.2) is 0 Å². The zero-order valence-electron chi connectivity index (χ0n) is 22.2. The van der Waals surface area contributed by atoms with Crippen LogP contribution in [0.2, 0.25) is 0 Å². The monoisotopic (exact) mass is 497 g/mol. The van der Waals surface area contributed by atoms with Gasteiger partial charge in [0.15, 0.2) is 6.61 Å². The second-order valence-corrected chi connectivity index (χ2v) is 12.6. The van der Waals surface area contributed by atoms with Crippen molar-refractivity contribution in [1.82, 2.24) is 10.6 Å². The maximum atomic E-state index is 12.4. The Morgan fingerprint density at radius 3 is 2.72 bits per heavy atom. The number of hydrogen-bond donors (Lipinski definition) is 2. The second kappa shape index (κ2) is 9.94. The molecule has 1 aliphatic heterocycles. The zero-order valence-corrected chi connectivity index (χ0v) is 22.2. The lowest BCUT2D eigenvalue weighted by Gasteiger charge is -2.58. The molecular formula is C29H43N3O4. The summed E-state index contributed by atoms with van der Waals surface area (Å²) in [6.07, 6.45) is 13.6. The van der Waals surface area contributed by atoms with Crippen LogP contribution >= 0.6 is 0 Å². The van der Waals surface area contributed by atoms with E-state index in [0.29, 0.717) is 30.6 Å². The molecule has 0 bridgehead atoms. The third-order valence-electron chi connectivity index (χ3n) is 10.7. The van der Waals surface area contributed by atoms with Crippen molar-refractivity contribution in [2.24, 2.45) is 39.7 Å². The van der Waals surface area contributed by atoms with E-state index in [1.54, 1.807) is 6.92 Å². The van der Waals surface area contributed by atoms with Gasteiger partial charge in [-0.15, -0.1) is 0 Å². The molecule has 0 aromatic rings. The average Bonchev–Trinajstić information content (AvgIpc) is 3.08. The quantitative estimate of drug-likeness (QED) is 0.553. The predicted octanol–water partition coefficient (Wildman–Crippen LogP) is 4.31. The number of Topliss-reactive ketones (excluding diaryl/α,β-unsaturated/α-hetero) is 1. The maximum Gasteiger partial charge on any atom is 0.261 e. The molecule has 4 aliphatic carbocycles. The molecule has 1 heterocycles. The van der Waals surface area contributed by atoms with Gasteiger partial charge in [0.2, 0.25) is 5.91 Å². The van der Waals surface area contributed by atoms with Gasteiger partial charge in [-0.05, 0) is 112 Å². The van der Waals surface area contributed by atoms with Crippen molar-refractivity contribution in [3.8, 4) is 0 Å². The number of rotatable bonds is 5. The van der Waals surface area contributed by atoms with E-state index < -0.39 is 6.04 Å². The van der Waals surface area contributed by atoms with Crippen molar-refractivity contribution in [2.45, 2.75) is 97.4 Å². The van der Waals surface area contributed by atoms with Crippen LogP contribution < -0.4 is 10.6 Å². The van der Waals surface area contributed by atoms with Gasteiger partial charge in [-0.2, -0.15) is 0 Å². The van der Waals surface area contributed by atoms with Gasteiger partial charge in [0, 0.05) is 12.5 Å². The number of nitrogens with one attached hydrogen (secondary N) is 2. The Morgan fingerprint density at radius 1 is 1.08 bits per heavy atom. The van der Waals surface area contributed by atoms with Crippen LogP contribution in [0.1, 0.15) is 91.4 Å². The van der Waals surface area contributed by atoms with Crippen LogP contribution in [-0.4, -0.2) is 42.5 Å². The second-order valence-electron chi connectivity index (χ2n) is 12.6. The Balaban J connectivity index is 1.20. The van der Waals surface area contributed by atoms with Gasteiger partial charge in [0.1, 0.15) is 11.8 Å². The molecule has 1 unspecified atom stereocenters. The highest BCUT2D eigenvalue weighted by molar-refractivity contribution is 5.96. The van der Waals surface area contributed by atoms with E-state index in [-0.39, 0.29) is 35.2 Å². The molecule has 5 aliphatic rings. The van der Waals surface area contributed by atoms with E-state index in [0.717, 1.165) is 50.2 Å². The molecule has 2 N–H and O–H groups in total. The minimum atomic E-state index is -0.480. The first-order valence-electron chi connectivity index (χ1n) is 14.2. The summed E-state index contributed by atoms with van der Waals surface area (Å²) in [4.78, 5) is 42.2. The van der Waals surface area contributed by atoms with Crippen molar-refractivity contribution in [1.29, 1.82) is 0 Å². The maximum absolute atomic E-state index is 12.4. The molecule has 7 heteroatoms. The molecule has 0 spiro atoms. The summed E-state index contributed by atoms with van der Waals surface area (Å²) < 4.78 is 0. The summed E-state index contributed by atoms with van der Waals surface area (Å²) in [5.74, 6) is 2.30. The standard InChI is InChI=1S/C29H43N3O4/c1-18(33)22-9-10-23-21-8-7-19-16-20(11-13-28(19,2)24(21)12-14-29(22,23)3)32-36-17-26(34)31-25-6-4-5-15-30-27(25)35/h16,21-25H,4-15,17H2,1-3H3,(H,30,35)(H,31,34)/t21-,22+,23-,24-,25?,28-,29+/m0/s1. The lowest BCUT2D eigenvalue weighted by molar-refractivity contribution is -0.131. The van der Waals surface area contributed by atoms with E-state index in [9.17, 15) is 14.4 Å². The van der Waals surface area contributed by atoms with E-state index in [1.165, 1.54) is 31.3 Å². The van der Waals surface area contributed by atoms with Gasteiger partial charge in [0.05, 0.1) is 5.71 Å². The van der Waals surface area contributed by atoms with Crippen LogP contribution in [0.5, 0.6) is 0 Å². The third-order valence-corrected chi connectivity index (χ3v) is 10.7. The Hall–Kier alpha value is -2.18. The highest BCUT2D eigenvalue weighted by Gasteiger charge is 2.59. The van der Waals surface area contributed by atoms with Gasteiger partial charge < -0.3 is 15.5 Å². The summed E-state index contributed by atoms with van der Waals surface area (Å²) >= 11 is 0. The first-order valence-corrected chi connectivity index (χ1v) is 14.2. The molecule has 0 radical (unpaired) electrons. The van der Waals surface area contributed by atoms with E-state index >= 15 is 0 Å². The highest BCUT2D eigenvalue weighted by atomic mass is 16.6. The Morgan fingerprint density at radius 2 is 1.92 bits per heavy atom. The summed E-state index contributed by atoms with van der Waals surface area (Å²) in [7, 11) is 0. The number of fused-ring (bicyclic) bond motifs is 5. The first kappa shape index (κ1) is 25.5. The minimum absolute atomic E-state index is 0.114. The summed E-state index contributed by atoms with van der Waals surface area (Å²) in [5, 5.41) is 9.93. The molecule has 7 nitrogen and oxygen atoms in total. The van der Waals surface area contributed by atoms with Crippen LogP contribution in [0, 0.1) is 34.5 Å². The SMILES string of the molecule is CC(=O)[C@H]1CC[C@H]2[C@@H]3CCC4=CC(=NOCC(=O)NC5CCCCNC5=O)CC[C@]4(C)[C@H]3CC[C@]12C. The van der Waals surface area contributed by atoms with Crippen molar-refractivity contribution >= 4 is 23.3 Å². The topological polar surface area (TPSA) is 96.9 Å². The summed E-state index contributed by atoms with van der Waals surface area (Å²) in [5.41, 5.74) is 2.79. The van der Waals surface area contributed by atoms with Crippen molar-refractivity contribution < 1.29 is 19.2 Å². The average molecular weight is 498 g/mol. The molecule has 4 fully saturated rings. The van der Waals surface area contributed by atoms with Crippen molar-refractivity contribution in [3.63, 3.8) is 0 Å². The number of amides is 2. The van der Waals surface area contributed by atoms with Crippen molar-refractivity contribution in [2.75, 3.05) is 13.2 Å². The van der Waals surface area contributed by atoms with Crippen LogP contribution in [-0.2, 0) is 19.2 Å². The molecule has 0 aromatic carbocycles. The van der Waals surface area contributed by atoms with E-state index in [2.05, 4.69) is 35.7 Å². The van der Waals surface area contributed by atoms with E-state index in [4.69, 9.17) is 4.84 Å². The number of carbonyl (C=O) groups excluding carboxylic acids is 3. The fourth-order valence-corrected chi connectivity index (χ4v) is 8.80. The zero-order chi connectivity index (χ0) is 25.5. The fourth-order valence-electron chi connectivity index (χ4n) is 8.80. The lowest BCUT2D eigenvalue weighted by atomic mass is 9.46. The molecule has 1 saturated heterocycles. The molecule has 5 rings (SSSR count). The first-order chi connectivity index (χ1) is 17.2. The number of nitrogens with zero attached hydrogens (tertiary/aromatic N) is 1. The molecule has 0 aromatic heterocycles. The van der Waals surface area contributed by atoms with Gasteiger partial charge in [-0.3, -0.25) is 14.4 Å². The van der Waals surface area contributed by atoms with Gasteiger partial charge in [0.25, 0.3) is 5.91 Å². The summed E-state index contributed by atoms with van der Waals surface area (Å²) in [6.45, 7) is 7.16. The van der Waals surface area contributed by atoms with Crippen LogP contribution in [0.4, 0.5) is 0 Å². The van der Waals surface area contributed by atoms with Crippen molar-refractivity contribution in [3.05, 3.63) is 11.6 Å². The number of oxime groups is 1. The lowest BCUT2D eigenvalue weighted by Crippen LogP contribution is -2.51. The molecule has 3 saturated carbocycles. The number of ketones is 1.